The van der Waals surface area contributed by atoms with E-state index in [0.29, 0.717) is 0 Å². The van der Waals surface area contributed by atoms with Crippen molar-refractivity contribution in [1.82, 2.24) is 14.6 Å². The summed E-state index contributed by atoms with van der Waals surface area (Å²) in [5, 5.41) is 4.21. The Morgan fingerprint density at radius 1 is 1.06 bits per heavy atom. The molecule has 0 radical (unpaired) electrons. The zero-order valence-corrected chi connectivity index (χ0v) is 10.9. The van der Waals surface area contributed by atoms with Crippen LogP contribution in [0.4, 0.5) is 0 Å². The van der Waals surface area contributed by atoms with E-state index in [-0.39, 0.29) is 0 Å². The van der Waals surface area contributed by atoms with E-state index in [1.165, 1.54) is 22.3 Å². The lowest BCUT2D eigenvalue weighted by molar-refractivity contribution is 0.974. The van der Waals surface area contributed by atoms with Crippen molar-refractivity contribution in [3.05, 3.63) is 40.5 Å². The first-order chi connectivity index (χ1) is 8.15. The predicted octanol–water partition coefficient (Wildman–Crippen LogP) is 3.38. The molecule has 0 spiro atoms. The molecule has 1 aromatic carbocycles. The van der Waals surface area contributed by atoms with Crippen LogP contribution in [0.25, 0.3) is 16.2 Å². The third-order valence-corrected chi connectivity index (χ3v) is 3.79. The van der Waals surface area contributed by atoms with Gasteiger partial charge in [-0.2, -0.15) is 5.10 Å². The van der Waals surface area contributed by atoms with Gasteiger partial charge in [0.25, 0.3) is 0 Å². The molecular weight excluding hydrogens is 230 g/mol. The van der Waals surface area contributed by atoms with E-state index < -0.39 is 0 Å². The monoisotopic (exact) mass is 243 g/mol. The van der Waals surface area contributed by atoms with Crippen LogP contribution >= 0.6 is 11.3 Å². The summed E-state index contributed by atoms with van der Waals surface area (Å²) in [6.45, 7) is 6.40. The van der Waals surface area contributed by atoms with Crippen molar-refractivity contribution < 1.29 is 0 Å². The van der Waals surface area contributed by atoms with Crippen LogP contribution in [0, 0.1) is 20.8 Å². The lowest BCUT2D eigenvalue weighted by atomic mass is 9.99. The van der Waals surface area contributed by atoms with Crippen LogP contribution in [-0.4, -0.2) is 14.6 Å². The number of fused-ring (bicyclic) bond motifs is 1. The Hall–Kier alpha value is -1.68. The van der Waals surface area contributed by atoms with Gasteiger partial charge in [0, 0.05) is 5.56 Å². The second-order valence-electron chi connectivity index (χ2n) is 4.34. The molecule has 2 heterocycles. The molecule has 0 atom stereocenters. The minimum Gasteiger partial charge on any atom is -0.217 e. The molecule has 4 heteroatoms. The van der Waals surface area contributed by atoms with Crippen LogP contribution in [-0.2, 0) is 0 Å². The third-order valence-electron chi connectivity index (χ3n) is 3.10. The van der Waals surface area contributed by atoms with Gasteiger partial charge in [-0.3, -0.25) is 0 Å². The van der Waals surface area contributed by atoms with E-state index in [2.05, 4.69) is 43.0 Å². The summed E-state index contributed by atoms with van der Waals surface area (Å²) in [6.07, 6.45) is 1.99. The van der Waals surface area contributed by atoms with Gasteiger partial charge in [-0.25, -0.2) is 9.50 Å². The van der Waals surface area contributed by atoms with E-state index in [9.17, 15) is 0 Å². The molecule has 0 bridgehead atoms. The Kier molecular flexibility index (Phi) is 2.26. The smallest absolute Gasteiger partial charge is 0.212 e. The van der Waals surface area contributed by atoms with Gasteiger partial charge in [0.15, 0.2) is 0 Å². The third kappa shape index (κ3) is 1.65. The summed E-state index contributed by atoms with van der Waals surface area (Å²) in [5.74, 6) is 0. The minimum absolute atomic E-state index is 0.942. The van der Waals surface area contributed by atoms with E-state index in [1.54, 1.807) is 16.8 Å². The van der Waals surface area contributed by atoms with Gasteiger partial charge in [0.05, 0.1) is 11.9 Å². The lowest BCUT2D eigenvalue weighted by Gasteiger charge is -2.07. The van der Waals surface area contributed by atoms with Crippen LogP contribution in [0.5, 0.6) is 0 Å². The highest BCUT2D eigenvalue weighted by Crippen LogP contribution is 2.26. The van der Waals surface area contributed by atoms with Crippen molar-refractivity contribution in [2.24, 2.45) is 0 Å². The second-order valence-corrected chi connectivity index (χ2v) is 5.16. The van der Waals surface area contributed by atoms with E-state index in [0.717, 1.165) is 10.7 Å². The molecule has 0 aliphatic carbocycles. The highest BCUT2D eigenvalue weighted by Gasteiger charge is 2.09. The number of benzene rings is 1. The summed E-state index contributed by atoms with van der Waals surface area (Å²) >= 11 is 1.56. The SMILES string of the molecule is Cc1cc(C)c(-c2cn3ncsc3n2)cc1C. The van der Waals surface area contributed by atoms with Gasteiger partial charge in [0.2, 0.25) is 4.96 Å². The van der Waals surface area contributed by atoms with Crippen molar-refractivity contribution in [2.45, 2.75) is 20.8 Å². The van der Waals surface area contributed by atoms with Gasteiger partial charge >= 0.3 is 0 Å². The van der Waals surface area contributed by atoms with Crippen molar-refractivity contribution >= 4 is 16.3 Å². The Balaban J connectivity index is 2.21. The molecule has 0 amide bonds. The van der Waals surface area contributed by atoms with Gasteiger partial charge < -0.3 is 0 Å². The van der Waals surface area contributed by atoms with Crippen LogP contribution in [0.3, 0.4) is 0 Å². The molecule has 3 aromatic rings. The van der Waals surface area contributed by atoms with Crippen molar-refractivity contribution in [3.63, 3.8) is 0 Å². The first-order valence-corrected chi connectivity index (χ1v) is 6.40. The fourth-order valence-electron chi connectivity index (χ4n) is 2.01. The Bertz CT molecular complexity index is 665. The molecule has 0 N–H and O–H groups in total. The highest BCUT2D eigenvalue weighted by atomic mass is 32.1. The standard InChI is InChI=1S/C13H13N3S/c1-8-4-10(3)11(5-9(8)2)12-6-16-13(15-12)17-7-14-16/h4-7H,1-3H3. The van der Waals surface area contributed by atoms with Gasteiger partial charge in [-0.15, -0.1) is 0 Å². The Labute approximate surface area is 104 Å². The number of imidazole rings is 1. The van der Waals surface area contributed by atoms with Crippen LogP contribution in [0.15, 0.2) is 23.8 Å². The number of aromatic nitrogens is 3. The molecular formula is C13H13N3S. The van der Waals surface area contributed by atoms with Crippen LogP contribution in [0.2, 0.25) is 0 Å². The Morgan fingerprint density at radius 2 is 1.82 bits per heavy atom. The molecule has 3 rings (SSSR count). The van der Waals surface area contributed by atoms with E-state index in [4.69, 9.17) is 0 Å². The Morgan fingerprint density at radius 3 is 2.59 bits per heavy atom. The molecule has 0 unspecified atom stereocenters. The lowest BCUT2D eigenvalue weighted by Crippen LogP contribution is -1.88. The van der Waals surface area contributed by atoms with Gasteiger partial charge in [-0.05, 0) is 43.5 Å². The molecule has 0 saturated carbocycles. The molecule has 86 valence electrons. The topological polar surface area (TPSA) is 30.2 Å². The summed E-state index contributed by atoms with van der Waals surface area (Å²) in [7, 11) is 0. The van der Waals surface area contributed by atoms with Crippen LogP contribution < -0.4 is 0 Å². The quantitative estimate of drug-likeness (QED) is 0.656. The molecule has 17 heavy (non-hydrogen) atoms. The predicted molar refractivity (Wildman–Crippen MR) is 70.5 cm³/mol. The first-order valence-electron chi connectivity index (χ1n) is 5.52. The maximum absolute atomic E-state index is 4.59. The molecule has 2 aromatic heterocycles. The summed E-state index contributed by atoms with van der Waals surface area (Å²) in [4.78, 5) is 5.54. The van der Waals surface area contributed by atoms with Crippen LogP contribution in [0.1, 0.15) is 16.7 Å². The van der Waals surface area contributed by atoms with Crippen molar-refractivity contribution in [2.75, 3.05) is 0 Å². The number of rotatable bonds is 1. The second kappa shape index (κ2) is 3.67. The average Bonchev–Trinajstić information content (AvgIpc) is 2.83. The highest BCUT2D eigenvalue weighted by molar-refractivity contribution is 7.14. The van der Waals surface area contributed by atoms with E-state index in [1.807, 2.05) is 10.7 Å². The fourth-order valence-corrected chi connectivity index (χ4v) is 2.61. The number of aryl methyl sites for hydroxylation is 3. The summed E-state index contributed by atoms with van der Waals surface area (Å²) in [5.41, 5.74) is 7.90. The largest absolute Gasteiger partial charge is 0.217 e. The normalized spacial score (nSPS) is 11.2. The maximum Gasteiger partial charge on any atom is 0.212 e. The average molecular weight is 243 g/mol. The maximum atomic E-state index is 4.59. The zero-order valence-electron chi connectivity index (χ0n) is 10.1. The molecule has 0 aliphatic heterocycles. The molecule has 3 nitrogen and oxygen atoms in total. The number of hydrogen-bond acceptors (Lipinski definition) is 3. The van der Waals surface area contributed by atoms with Gasteiger partial charge in [-0.1, -0.05) is 17.4 Å². The molecule has 0 aliphatic rings. The van der Waals surface area contributed by atoms with E-state index >= 15 is 0 Å². The van der Waals surface area contributed by atoms with Gasteiger partial charge in [0.1, 0.15) is 5.51 Å². The summed E-state index contributed by atoms with van der Waals surface area (Å²) < 4.78 is 1.83. The summed E-state index contributed by atoms with van der Waals surface area (Å²) in [6, 6.07) is 4.42. The molecule has 0 saturated heterocycles. The van der Waals surface area contributed by atoms with Crippen molar-refractivity contribution in [1.29, 1.82) is 0 Å². The zero-order chi connectivity index (χ0) is 12.0. The minimum atomic E-state index is 0.942. The number of hydrogen-bond donors (Lipinski definition) is 0. The van der Waals surface area contributed by atoms with Crippen molar-refractivity contribution in [3.8, 4) is 11.3 Å². The molecule has 0 fully saturated rings. The first kappa shape index (κ1) is 10.5. The number of nitrogens with zero attached hydrogens (tertiary/aromatic N) is 3. The fraction of sp³-hybridized carbons (Fsp3) is 0.231.